The van der Waals surface area contributed by atoms with E-state index in [1.807, 2.05) is 18.2 Å². The molecule has 0 spiro atoms. The zero-order chi connectivity index (χ0) is 23.0. The predicted molar refractivity (Wildman–Crippen MR) is 121 cm³/mol. The smallest absolute Gasteiger partial charge is 0.264 e. The maximum atomic E-state index is 14.0. The van der Waals surface area contributed by atoms with Gasteiger partial charge >= 0.3 is 0 Å². The highest BCUT2D eigenvalue weighted by Crippen LogP contribution is 2.31. The summed E-state index contributed by atoms with van der Waals surface area (Å²) in [5.41, 5.74) is 2.43. The Bertz CT molecular complexity index is 1460. The van der Waals surface area contributed by atoms with E-state index in [0.29, 0.717) is 11.6 Å². The number of hydrogen-bond donors (Lipinski definition) is 1. The fraction of sp³-hybridized carbons (Fsp3) is 0.174. The molecule has 1 fully saturated rings. The van der Waals surface area contributed by atoms with E-state index in [0.717, 1.165) is 60.3 Å². The quantitative estimate of drug-likeness (QED) is 0.469. The summed E-state index contributed by atoms with van der Waals surface area (Å²) < 4.78 is 54.7. The average molecular weight is 468 g/mol. The lowest BCUT2D eigenvalue weighted by atomic mass is 10.0. The van der Waals surface area contributed by atoms with Crippen LogP contribution < -0.4 is 9.62 Å². The molecular weight excluding hydrogens is 448 g/mol. The number of aromatic nitrogens is 3. The maximum absolute atomic E-state index is 14.0. The lowest BCUT2D eigenvalue weighted by Gasteiger charge is -2.18. The molecule has 4 aromatic rings. The molecular formula is C23H19F2N5O2S. The van der Waals surface area contributed by atoms with Gasteiger partial charge in [0.1, 0.15) is 28.7 Å². The van der Waals surface area contributed by atoms with Crippen LogP contribution >= 0.6 is 0 Å². The van der Waals surface area contributed by atoms with Crippen LogP contribution in [0.1, 0.15) is 12.8 Å². The van der Waals surface area contributed by atoms with Crippen molar-refractivity contribution in [3.63, 3.8) is 0 Å². The molecule has 3 heterocycles. The van der Waals surface area contributed by atoms with Gasteiger partial charge in [-0.05, 0) is 48.7 Å². The molecule has 1 saturated heterocycles. The second-order valence-electron chi connectivity index (χ2n) is 7.77. The number of pyridine rings is 1. The maximum Gasteiger partial charge on any atom is 0.264 e. The van der Waals surface area contributed by atoms with Crippen LogP contribution in [0.4, 0.5) is 20.3 Å². The lowest BCUT2D eigenvalue weighted by molar-refractivity contribution is 0.551. The fourth-order valence-corrected chi connectivity index (χ4v) is 5.06. The first kappa shape index (κ1) is 21.2. The summed E-state index contributed by atoms with van der Waals surface area (Å²) in [7, 11) is -4.27. The fourth-order valence-electron chi connectivity index (χ4n) is 3.96. The number of sulfonamides is 1. The van der Waals surface area contributed by atoms with Gasteiger partial charge in [-0.1, -0.05) is 6.07 Å². The van der Waals surface area contributed by atoms with E-state index in [2.05, 4.69) is 24.6 Å². The van der Waals surface area contributed by atoms with Gasteiger partial charge in [-0.25, -0.2) is 27.2 Å². The second kappa shape index (κ2) is 8.36. The molecule has 0 unspecified atom stereocenters. The molecule has 7 nitrogen and oxygen atoms in total. The van der Waals surface area contributed by atoms with Crippen LogP contribution in [-0.4, -0.2) is 36.5 Å². The van der Waals surface area contributed by atoms with E-state index in [9.17, 15) is 17.2 Å². The van der Waals surface area contributed by atoms with Crippen LogP contribution in [0.25, 0.3) is 22.0 Å². The molecule has 5 rings (SSSR count). The zero-order valence-corrected chi connectivity index (χ0v) is 18.2. The first-order chi connectivity index (χ1) is 15.9. The molecule has 2 aromatic heterocycles. The number of hydrogen-bond acceptors (Lipinski definition) is 6. The molecule has 1 N–H and O–H groups in total. The Balaban J connectivity index is 1.49. The molecule has 0 atom stereocenters. The van der Waals surface area contributed by atoms with Crippen LogP contribution in [0.15, 0.2) is 66.1 Å². The Morgan fingerprint density at radius 1 is 0.909 bits per heavy atom. The van der Waals surface area contributed by atoms with Gasteiger partial charge in [0.15, 0.2) is 0 Å². The number of rotatable bonds is 5. The van der Waals surface area contributed by atoms with Crippen molar-refractivity contribution in [3.8, 4) is 11.1 Å². The van der Waals surface area contributed by atoms with Gasteiger partial charge < -0.3 is 4.90 Å². The van der Waals surface area contributed by atoms with Gasteiger partial charge in [-0.15, -0.1) is 0 Å². The minimum absolute atomic E-state index is 0.153. The summed E-state index contributed by atoms with van der Waals surface area (Å²) >= 11 is 0. The standard InChI is InChI=1S/C23H19F2N5O2S/c24-17-4-6-22(20(25)11-17)33(31,32)29-18-9-16(12-26-13-18)15-3-5-21-19(10-15)23(28-14-27-21)30-7-1-2-8-30/h3-6,9-14,29H,1-2,7-8H2. The Morgan fingerprint density at radius 2 is 1.73 bits per heavy atom. The van der Waals surface area contributed by atoms with Crippen molar-refractivity contribution in [1.29, 1.82) is 0 Å². The number of fused-ring (bicyclic) bond motifs is 1. The Kier molecular flexibility index (Phi) is 5.37. The number of anilines is 2. The molecule has 0 saturated carbocycles. The van der Waals surface area contributed by atoms with Crippen molar-refractivity contribution >= 4 is 32.4 Å². The number of nitrogens with one attached hydrogen (secondary N) is 1. The highest BCUT2D eigenvalue weighted by atomic mass is 32.2. The number of benzene rings is 2. The molecule has 2 aromatic carbocycles. The van der Waals surface area contributed by atoms with Gasteiger partial charge in [0.25, 0.3) is 10.0 Å². The summed E-state index contributed by atoms with van der Waals surface area (Å²) in [5, 5.41) is 0.899. The largest absolute Gasteiger partial charge is 0.356 e. The summed E-state index contributed by atoms with van der Waals surface area (Å²) in [4.78, 5) is 14.6. The molecule has 0 aliphatic carbocycles. The third-order valence-corrected chi connectivity index (χ3v) is 6.94. The average Bonchev–Trinajstić information content (AvgIpc) is 3.33. The minimum atomic E-state index is -4.27. The molecule has 0 bridgehead atoms. The SMILES string of the molecule is O=S(=O)(Nc1cncc(-c2ccc3ncnc(N4CCCC4)c3c2)c1)c1ccc(F)cc1F. The van der Waals surface area contributed by atoms with Crippen molar-refractivity contribution in [3.05, 3.63) is 72.8 Å². The van der Waals surface area contributed by atoms with Crippen molar-refractivity contribution in [2.24, 2.45) is 0 Å². The van der Waals surface area contributed by atoms with Crippen LogP contribution in [0.3, 0.4) is 0 Å². The summed E-state index contributed by atoms with van der Waals surface area (Å²) in [6.45, 7) is 1.88. The van der Waals surface area contributed by atoms with Crippen LogP contribution in [-0.2, 0) is 10.0 Å². The van der Waals surface area contributed by atoms with Crippen molar-refractivity contribution in [1.82, 2.24) is 15.0 Å². The molecule has 0 amide bonds. The Hall–Kier alpha value is -3.66. The highest BCUT2D eigenvalue weighted by Gasteiger charge is 2.21. The number of halogens is 2. The molecule has 168 valence electrons. The molecule has 33 heavy (non-hydrogen) atoms. The van der Waals surface area contributed by atoms with E-state index >= 15 is 0 Å². The molecule has 10 heteroatoms. The van der Waals surface area contributed by atoms with Crippen molar-refractivity contribution < 1.29 is 17.2 Å². The van der Waals surface area contributed by atoms with Gasteiger partial charge in [0.2, 0.25) is 0 Å². The van der Waals surface area contributed by atoms with Crippen molar-refractivity contribution in [2.45, 2.75) is 17.7 Å². The lowest BCUT2D eigenvalue weighted by Crippen LogP contribution is -2.19. The Morgan fingerprint density at radius 3 is 2.52 bits per heavy atom. The highest BCUT2D eigenvalue weighted by molar-refractivity contribution is 7.92. The molecule has 1 aliphatic rings. The normalized spacial score (nSPS) is 14.1. The van der Waals surface area contributed by atoms with E-state index in [4.69, 9.17) is 0 Å². The van der Waals surface area contributed by atoms with E-state index in [1.165, 1.54) is 6.20 Å². The summed E-state index contributed by atoms with van der Waals surface area (Å²) in [5.74, 6) is -1.16. The first-order valence-electron chi connectivity index (χ1n) is 10.3. The van der Waals surface area contributed by atoms with Gasteiger partial charge in [0.05, 0.1) is 17.4 Å². The van der Waals surface area contributed by atoms with Gasteiger partial charge in [-0.3, -0.25) is 9.71 Å². The zero-order valence-electron chi connectivity index (χ0n) is 17.4. The van der Waals surface area contributed by atoms with E-state index in [1.54, 1.807) is 18.6 Å². The first-order valence-corrected chi connectivity index (χ1v) is 11.8. The minimum Gasteiger partial charge on any atom is -0.356 e. The van der Waals surface area contributed by atoms with Crippen LogP contribution in [0.2, 0.25) is 0 Å². The van der Waals surface area contributed by atoms with Crippen LogP contribution in [0, 0.1) is 11.6 Å². The second-order valence-corrected chi connectivity index (χ2v) is 9.42. The van der Waals surface area contributed by atoms with Gasteiger partial charge in [-0.2, -0.15) is 0 Å². The molecule has 0 radical (unpaired) electrons. The predicted octanol–water partition coefficient (Wildman–Crippen LogP) is 4.37. The molecule has 1 aliphatic heterocycles. The third-order valence-electron chi connectivity index (χ3n) is 5.53. The van der Waals surface area contributed by atoms with E-state index in [-0.39, 0.29) is 5.69 Å². The summed E-state index contributed by atoms with van der Waals surface area (Å²) in [6, 6.07) is 9.62. The van der Waals surface area contributed by atoms with Gasteiger partial charge in [0, 0.05) is 36.3 Å². The topological polar surface area (TPSA) is 88.1 Å². The Labute approximate surface area is 189 Å². The summed E-state index contributed by atoms with van der Waals surface area (Å²) in [6.07, 6.45) is 6.72. The number of nitrogens with zero attached hydrogens (tertiary/aromatic N) is 4. The van der Waals surface area contributed by atoms with Crippen molar-refractivity contribution in [2.75, 3.05) is 22.7 Å². The monoisotopic (exact) mass is 467 g/mol. The van der Waals surface area contributed by atoms with Crippen LogP contribution in [0.5, 0.6) is 0 Å². The van der Waals surface area contributed by atoms with E-state index < -0.39 is 26.6 Å². The third kappa shape index (κ3) is 4.21.